The summed E-state index contributed by atoms with van der Waals surface area (Å²) in [5.74, 6) is 1.68. The normalized spacial score (nSPS) is 33.8. The Bertz CT molecular complexity index is 725. The second-order valence-corrected chi connectivity index (χ2v) is 10.5. The Morgan fingerprint density at radius 1 is 1.19 bits per heavy atom. The molecule has 6 atom stereocenters. The van der Waals surface area contributed by atoms with Crippen LogP contribution in [0.15, 0.2) is 12.4 Å². The van der Waals surface area contributed by atoms with Crippen molar-refractivity contribution in [2.24, 2.45) is 23.7 Å². The van der Waals surface area contributed by atoms with E-state index in [-0.39, 0.29) is 18.1 Å². The summed E-state index contributed by atoms with van der Waals surface area (Å²) in [4.78, 5) is 16.2. The lowest BCUT2D eigenvalue weighted by molar-refractivity contribution is -0.146. The highest BCUT2D eigenvalue weighted by atomic mass is 16.3. The topological polar surface area (TPSA) is 70.4 Å². The van der Waals surface area contributed by atoms with Gasteiger partial charge in [-0.1, -0.05) is 26.7 Å². The lowest BCUT2D eigenvalue weighted by atomic mass is 9.64. The monoisotopic (exact) mass is 430 g/mol. The second kappa shape index (κ2) is 10.0. The smallest absolute Gasteiger partial charge is 0.226 e. The summed E-state index contributed by atoms with van der Waals surface area (Å²) in [5, 5.41) is 18.8. The fourth-order valence-electron chi connectivity index (χ4n) is 6.43. The van der Waals surface area contributed by atoms with Gasteiger partial charge in [-0.25, -0.2) is 0 Å². The number of hydrogen-bond acceptors (Lipinski definition) is 4. The Kier molecular flexibility index (Phi) is 7.37. The predicted molar refractivity (Wildman–Crippen MR) is 122 cm³/mol. The van der Waals surface area contributed by atoms with Crippen molar-refractivity contribution in [2.45, 2.75) is 103 Å². The van der Waals surface area contributed by atoms with E-state index in [1.807, 2.05) is 10.9 Å². The Morgan fingerprint density at radius 2 is 1.97 bits per heavy atom. The summed E-state index contributed by atoms with van der Waals surface area (Å²) in [6.07, 6.45) is 12.2. The van der Waals surface area contributed by atoms with Crippen molar-refractivity contribution in [3.8, 4) is 0 Å². The number of carbonyl (C=O) groups excluding carboxylic acids is 1. The maximum absolute atomic E-state index is 14.0. The van der Waals surface area contributed by atoms with Crippen molar-refractivity contribution in [1.82, 2.24) is 20.0 Å². The molecule has 2 saturated carbocycles. The van der Waals surface area contributed by atoms with Crippen molar-refractivity contribution in [3.05, 3.63) is 18.0 Å². The molecule has 3 aliphatic rings. The summed E-state index contributed by atoms with van der Waals surface area (Å²) in [6, 6.07) is 0.782. The van der Waals surface area contributed by atoms with E-state index in [1.54, 1.807) is 0 Å². The number of nitrogens with one attached hydrogen (secondary N) is 1. The van der Waals surface area contributed by atoms with Gasteiger partial charge in [-0.2, -0.15) is 5.10 Å². The molecule has 3 fully saturated rings. The number of aliphatic hydroxyl groups is 1. The minimum absolute atomic E-state index is 0.0674. The van der Waals surface area contributed by atoms with Gasteiger partial charge in [-0.15, -0.1) is 0 Å². The van der Waals surface area contributed by atoms with E-state index in [0.717, 1.165) is 70.0 Å². The number of amides is 1. The van der Waals surface area contributed by atoms with Crippen LogP contribution in [-0.2, 0) is 17.9 Å². The largest absolute Gasteiger partial charge is 0.393 e. The number of piperidine rings is 1. The average molecular weight is 431 g/mol. The van der Waals surface area contributed by atoms with E-state index < -0.39 is 0 Å². The Hall–Kier alpha value is -1.40. The molecule has 31 heavy (non-hydrogen) atoms. The molecule has 0 spiro atoms. The molecule has 1 aliphatic heterocycles. The number of hydrogen-bond donors (Lipinski definition) is 2. The molecule has 1 aromatic rings. The Balaban J connectivity index is 1.53. The molecule has 2 N–H and O–H groups in total. The van der Waals surface area contributed by atoms with Crippen LogP contribution >= 0.6 is 0 Å². The minimum Gasteiger partial charge on any atom is -0.393 e. The third-order valence-corrected chi connectivity index (χ3v) is 8.29. The lowest BCUT2D eigenvalue weighted by Crippen LogP contribution is -2.55. The summed E-state index contributed by atoms with van der Waals surface area (Å²) >= 11 is 0. The van der Waals surface area contributed by atoms with Crippen LogP contribution < -0.4 is 5.32 Å². The maximum atomic E-state index is 14.0. The first-order valence-corrected chi connectivity index (χ1v) is 12.7. The fourth-order valence-corrected chi connectivity index (χ4v) is 6.43. The van der Waals surface area contributed by atoms with Gasteiger partial charge in [0.1, 0.15) is 0 Å². The van der Waals surface area contributed by atoms with Crippen molar-refractivity contribution in [2.75, 3.05) is 6.54 Å². The van der Waals surface area contributed by atoms with Gasteiger partial charge in [0, 0.05) is 49.4 Å². The summed E-state index contributed by atoms with van der Waals surface area (Å²) in [5.41, 5.74) is 1.12. The molecule has 2 heterocycles. The first-order chi connectivity index (χ1) is 15.0. The van der Waals surface area contributed by atoms with E-state index >= 15 is 0 Å². The number of fused-ring (bicyclic) bond motifs is 1. The predicted octanol–water partition coefficient (Wildman–Crippen LogP) is 3.59. The van der Waals surface area contributed by atoms with Gasteiger partial charge in [0.2, 0.25) is 5.91 Å². The van der Waals surface area contributed by atoms with Crippen LogP contribution in [0.1, 0.15) is 77.7 Å². The minimum atomic E-state index is -0.214. The van der Waals surface area contributed by atoms with E-state index in [2.05, 4.69) is 42.3 Å². The van der Waals surface area contributed by atoms with Crippen LogP contribution in [0.25, 0.3) is 0 Å². The first-order valence-electron chi connectivity index (χ1n) is 12.7. The van der Waals surface area contributed by atoms with Gasteiger partial charge >= 0.3 is 0 Å². The van der Waals surface area contributed by atoms with Crippen LogP contribution in [-0.4, -0.2) is 50.4 Å². The number of aryl methyl sites for hydroxylation is 1. The molecule has 1 saturated heterocycles. The summed E-state index contributed by atoms with van der Waals surface area (Å²) in [6.45, 7) is 9.01. The third-order valence-electron chi connectivity index (χ3n) is 8.29. The molecule has 174 valence electrons. The maximum Gasteiger partial charge on any atom is 0.226 e. The Morgan fingerprint density at radius 3 is 2.65 bits per heavy atom. The van der Waals surface area contributed by atoms with Crippen molar-refractivity contribution in [1.29, 1.82) is 0 Å². The molecule has 0 bridgehead atoms. The van der Waals surface area contributed by atoms with Gasteiger partial charge < -0.3 is 15.3 Å². The number of carbonyl (C=O) groups is 1. The van der Waals surface area contributed by atoms with Crippen molar-refractivity contribution >= 4 is 5.91 Å². The standard InChI is InChI=1S/C25H42N4O2/c1-4-28-15-18(13-27-28)16-29(19-11-12-23(17(2)3)26-14-19)25(31)22-9-5-8-21-20(22)7-6-10-24(21)30/h13,15,17,19-24,26,30H,4-12,14,16H2,1-3H3/t19?,20?,21?,22-,23?,24?/m0/s1. The molecule has 0 radical (unpaired) electrons. The molecule has 6 heteroatoms. The van der Waals surface area contributed by atoms with E-state index in [9.17, 15) is 9.90 Å². The van der Waals surface area contributed by atoms with Crippen LogP contribution in [0.5, 0.6) is 0 Å². The highest BCUT2D eigenvalue weighted by Crippen LogP contribution is 2.45. The summed E-state index contributed by atoms with van der Waals surface area (Å²) in [7, 11) is 0. The number of nitrogens with zero attached hydrogens (tertiary/aromatic N) is 3. The van der Waals surface area contributed by atoms with Gasteiger partial charge in [0.15, 0.2) is 0 Å². The van der Waals surface area contributed by atoms with Gasteiger partial charge in [0.25, 0.3) is 0 Å². The fraction of sp³-hybridized carbons (Fsp3) is 0.840. The molecule has 1 aromatic heterocycles. The van der Waals surface area contributed by atoms with Crippen molar-refractivity contribution < 1.29 is 9.90 Å². The van der Waals surface area contributed by atoms with Gasteiger partial charge in [-0.3, -0.25) is 9.48 Å². The number of aromatic nitrogens is 2. The molecule has 0 aromatic carbocycles. The second-order valence-electron chi connectivity index (χ2n) is 10.5. The molecule has 4 rings (SSSR count). The van der Waals surface area contributed by atoms with E-state index in [4.69, 9.17) is 0 Å². The zero-order chi connectivity index (χ0) is 22.0. The van der Waals surface area contributed by atoms with Crippen LogP contribution in [0.4, 0.5) is 0 Å². The Labute approximate surface area is 187 Å². The molecule has 2 aliphatic carbocycles. The molecular weight excluding hydrogens is 388 g/mol. The number of rotatable bonds is 6. The highest BCUT2D eigenvalue weighted by Gasteiger charge is 2.44. The lowest BCUT2D eigenvalue weighted by Gasteiger charge is -2.46. The first kappa shape index (κ1) is 22.8. The summed E-state index contributed by atoms with van der Waals surface area (Å²) < 4.78 is 1.94. The van der Waals surface area contributed by atoms with Crippen LogP contribution in [0.2, 0.25) is 0 Å². The number of aliphatic hydroxyl groups excluding tert-OH is 1. The molecular formula is C25H42N4O2. The molecule has 5 unspecified atom stereocenters. The highest BCUT2D eigenvalue weighted by molar-refractivity contribution is 5.79. The van der Waals surface area contributed by atoms with Gasteiger partial charge in [0.05, 0.1) is 12.3 Å². The average Bonchev–Trinajstić information content (AvgIpc) is 3.25. The van der Waals surface area contributed by atoms with Crippen molar-refractivity contribution in [3.63, 3.8) is 0 Å². The SMILES string of the molecule is CCn1cc(CN(C(=O)[C@H]2CCCC3C(O)CCCC32)C2CCC(C(C)C)NC2)cn1. The van der Waals surface area contributed by atoms with Gasteiger partial charge in [-0.05, 0) is 63.2 Å². The quantitative estimate of drug-likeness (QED) is 0.724. The van der Waals surface area contributed by atoms with Crippen LogP contribution in [0, 0.1) is 23.7 Å². The molecule has 6 nitrogen and oxygen atoms in total. The van der Waals surface area contributed by atoms with E-state index in [0.29, 0.717) is 36.2 Å². The third kappa shape index (κ3) is 5.00. The van der Waals surface area contributed by atoms with E-state index in [1.165, 1.54) is 0 Å². The zero-order valence-corrected chi connectivity index (χ0v) is 19.7. The zero-order valence-electron chi connectivity index (χ0n) is 19.7. The molecule has 1 amide bonds. The van der Waals surface area contributed by atoms with Crippen LogP contribution in [0.3, 0.4) is 0 Å².